The van der Waals surface area contributed by atoms with Crippen LogP contribution in [-0.2, 0) is 0 Å². The van der Waals surface area contributed by atoms with E-state index in [-0.39, 0.29) is 34.0 Å². The van der Waals surface area contributed by atoms with Crippen molar-refractivity contribution in [3.05, 3.63) is 91.0 Å². The molecule has 0 spiro atoms. The Kier molecular flexibility index (Phi) is 9.74. The molecule has 0 aliphatic rings. The number of benzene rings is 3. The van der Waals surface area contributed by atoms with Gasteiger partial charge >= 0.3 is 0 Å². The number of rotatable bonds is 6. The molecule has 1 unspecified atom stereocenters. The van der Waals surface area contributed by atoms with Crippen LogP contribution in [0.1, 0.15) is 13.3 Å². The quantitative estimate of drug-likeness (QED) is 0.512. The van der Waals surface area contributed by atoms with Crippen LogP contribution in [0.2, 0.25) is 0 Å². The third-order valence-corrected chi connectivity index (χ3v) is 9.57. The first-order valence-electron chi connectivity index (χ1n) is 8.57. The maximum Gasteiger partial charge on any atom is 0.133 e. The molecule has 4 heteroatoms. The summed E-state index contributed by atoms with van der Waals surface area (Å²) >= 11 is 0. The van der Waals surface area contributed by atoms with E-state index in [4.69, 9.17) is 0 Å². The first-order valence-corrected chi connectivity index (χ1v) is 10.4. The number of hydrogen-bond donors (Lipinski definition) is 1. The summed E-state index contributed by atoms with van der Waals surface area (Å²) in [5.74, 6) is 0.407. The van der Waals surface area contributed by atoms with Crippen LogP contribution in [0.5, 0.6) is 0 Å². The molecule has 0 fully saturated rings. The molecule has 3 aromatic carbocycles. The minimum Gasteiger partial charge on any atom is -1.00 e. The van der Waals surface area contributed by atoms with E-state index in [1.54, 1.807) is 0 Å². The standard InChI is InChI=1S/C22H25NP.2BrH/c1-3-22(23-2)24(19-13-7-4-8-14-19,20-15-9-5-10-16-20)21-17-11-6-12-18-21;;/h4-18,22-23H,3H2,1-2H3;2*1H/q+1;;/p-1. The van der Waals surface area contributed by atoms with Crippen LogP contribution in [0.15, 0.2) is 91.0 Å². The van der Waals surface area contributed by atoms with Gasteiger partial charge in [-0.3, -0.25) is 5.32 Å². The van der Waals surface area contributed by atoms with Crippen molar-refractivity contribution in [1.29, 1.82) is 0 Å². The summed E-state index contributed by atoms with van der Waals surface area (Å²) in [5, 5.41) is 7.94. The minimum atomic E-state index is -1.77. The maximum atomic E-state index is 3.64. The Morgan fingerprint density at radius 3 is 1.23 bits per heavy atom. The summed E-state index contributed by atoms with van der Waals surface area (Å²) in [6.45, 7) is 2.28. The minimum absolute atomic E-state index is 0. The monoisotopic (exact) mass is 493 g/mol. The SMILES string of the molecule is Br.CCC(NC)[P+](c1ccccc1)(c1ccccc1)c1ccccc1.[Br-]. The number of nitrogens with one attached hydrogen (secondary N) is 1. The molecule has 138 valence electrons. The molecule has 0 bridgehead atoms. The summed E-state index contributed by atoms with van der Waals surface area (Å²) in [6, 6.07) is 33.1. The third-order valence-electron chi connectivity index (χ3n) is 4.68. The molecule has 0 saturated carbocycles. The van der Waals surface area contributed by atoms with Crippen LogP contribution in [-0.4, -0.2) is 12.8 Å². The zero-order chi connectivity index (χ0) is 16.8. The van der Waals surface area contributed by atoms with E-state index in [2.05, 4.69) is 110 Å². The van der Waals surface area contributed by atoms with Gasteiger partial charge in [-0.05, 0) is 49.9 Å². The van der Waals surface area contributed by atoms with Gasteiger partial charge in [-0.2, -0.15) is 0 Å². The molecule has 1 nitrogen and oxygen atoms in total. The summed E-state index contributed by atoms with van der Waals surface area (Å²) in [5.41, 5.74) is 0. The maximum absolute atomic E-state index is 3.64. The zero-order valence-electron chi connectivity index (χ0n) is 15.2. The van der Waals surface area contributed by atoms with E-state index in [1.807, 2.05) is 0 Å². The van der Waals surface area contributed by atoms with Crippen molar-refractivity contribution < 1.29 is 17.0 Å². The smallest absolute Gasteiger partial charge is 0.133 e. The van der Waals surface area contributed by atoms with E-state index in [9.17, 15) is 0 Å². The largest absolute Gasteiger partial charge is 1.00 e. The molecular formula is C22H26Br2NP. The Labute approximate surface area is 179 Å². The predicted molar refractivity (Wildman–Crippen MR) is 119 cm³/mol. The first-order chi connectivity index (χ1) is 11.8. The van der Waals surface area contributed by atoms with Crippen LogP contribution in [0.4, 0.5) is 0 Å². The van der Waals surface area contributed by atoms with E-state index in [0.29, 0.717) is 5.78 Å². The highest BCUT2D eigenvalue weighted by Crippen LogP contribution is 2.59. The van der Waals surface area contributed by atoms with Crippen LogP contribution in [0.3, 0.4) is 0 Å². The third kappa shape index (κ3) is 4.28. The molecule has 26 heavy (non-hydrogen) atoms. The molecule has 0 aliphatic heterocycles. The van der Waals surface area contributed by atoms with Gasteiger partial charge in [0.25, 0.3) is 0 Å². The average molecular weight is 495 g/mol. The van der Waals surface area contributed by atoms with Gasteiger partial charge < -0.3 is 17.0 Å². The van der Waals surface area contributed by atoms with Crippen molar-refractivity contribution >= 4 is 40.2 Å². The van der Waals surface area contributed by atoms with Crippen LogP contribution in [0.25, 0.3) is 0 Å². The number of hydrogen-bond acceptors (Lipinski definition) is 1. The topological polar surface area (TPSA) is 12.0 Å². The molecule has 1 atom stereocenters. The van der Waals surface area contributed by atoms with Gasteiger partial charge in [-0.25, -0.2) is 0 Å². The van der Waals surface area contributed by atoms with Crippen LogP contribution < -0.4 is 38.2 Å². The van der Waals surface area contributed by atoms with Crippen molar-refractivity contribution in [1.82, 2.24) is 5.32 Å². The lowest BCUT2D eigenvalue weighted by atomic mass is 10.3. The molecule has 0 saturated heterocycles. The molecular weight excluding hydrogens is 469 g/mol. The molecule has 0 aliphatic carbocycles. The van der Waals surface area contributed by atoms with Gasteiger partial charge in [-0.15, -0.1) is 17.0 Å². The normalized spacial score (nSPS) is 11.8. The van der Waals surface area contributed by atoms with Crippen LogP contribution >= 0.6 is 24.2 Å². The highest BCUT2D eigenvalue weighted by atomic mass is 79.9. The Balaban J connectivity index is 0.00000169. The van der Waals surface area contributed by atoms with Crippen molar-refractivity contribution in [2.45, 2.75) is 19.1 Å². The molecule has 3 rings (SSSR count). The fraction of sp³-hybridized carbons (Fsp3) is 0.182. The number of halogens is 2. The molecule has 0 heterocycles. The summed E-state index contributed by atoms with van der Waals surface area (Å²) in [6.07, 6.45) is 1.09. The highest BCUT2D eigenvalue weighted by Gasteiger charge is 2.51. The lowest BCUT2D eigenvalue weighted by Gasteiger charge is -2.34. The average Bonchev–Trinajstić information content (AvgIpc) is 2.68. The van der Waals surface area contributed by atoms with Crippen LogP contribution in [0, 0.1) is 0 Å². The van der Waals surface area contributed by atoms with E-state index < -0.39 is 7.26 Å². The second kappa shape index (κ2) is 11.0. The van der Waals surface area contributed by atoms with Crippen molar-refractivity contribution in [3.8, 4) is 0 Å². The summed E-state index contributed by atoms with van der Waals surface area (Å²) in [4.78, 5) is 0. The summed E-state index contributed by atoms with van der Waals surface area (Å²) in [7, 11) is 0.320. The lowest BCUT2D eigenvalue weighted by molar-refractivity contribution is -0.00000489. The Morgan fingerprint density at radius 1 is 0.692 bits per heavy atom. The highest BCUT2D eigenvalue weighted by molar-refractivity contribution is 8.93. The van der Waals surface area contributed by atoms with Gasteiger partial charge in [0.1, 0.15) is 29.0 Å². The fourth-order valence-electron chi connectivity index (χ4n) is 3.65. The van der Waals surface area contributed by atoms with Gasteiger partial charge in [0.2, 0.25) is 0 Å². The Morgan fingerprint density at radius 2 is 1.00 bits per heavy atom. The van der Waals surface area contributed by atoms with Crippen molar-refractivity contribution in [3.63, 3.8) is 0 Å². The van der Waals surface area contributed by atoms with E-state index in [1.165, 1.54) is 15.9 Å². The molecule has 0 radical (unpaired) electrons. The van der Waals surface area contributed by atoms with E-state index >= 15 is 0 Å². The fourth-order valence-corrected chi connectivity index (χ4v) is 8.48. The Hall–Kier alpha value is -0.990. The molecule has 0 aromatic heterocycles. The van der Waals surface area contributed by atoms with Crippen molar-refractivity contribution in [2.24, 2.45) is 0 Å². The summed E-state index contributed by atoms with van der Waals surface area (Å²) < 4.78 is 0. The molecule has 1 N–H and O–H groups in total. The second-order valence-corrected chi connectivity index (χ2v) is 9.56. The lowest BCUT2D eigenvalue weighted by Crippen LogP contribution is -3.00. The van der Waals surface area contributed by atoms with Gasteiger partial charge in [0.05, 0.1) is 0 Å². The van der Waals surface area contributed by atoms with Gasteiger partial charge in [0, 0.05) is 0 Å². The van der Waals surface area contributed by atoms with Gasteiger partial charge in [-0.1, -0.05) is 61.5 Å². The van der Waals surface area contributed by atoms with Gasteiger partial charge in [0.15, 0.2) is 0 Å². The zero-order valence-corrected chi connectivity index (χ0v) is 19.4. The molecule has 0 amide bonds. The first kappa shape index (κ1) is 23.0. The molecule has 3 aromatic rings. The predicted octanol–water partition coefficient (Wildman–Crippen LogP) is 1.52. The second-order valence-electron chi connectivity index (χ2n) is 5.94. The Bertz CT molecular complexity index is 650. The van der Waals surface area contributed by atoms with Crippen molar-refractivity contribution in [2.75, 3.05) is 7.05 Å². The van der Waals surface area contributed by atoms with E-state index in [0.717, 1.165) is 6.42 Å².